The monoisotopic (exact) mass is 271 g/mol. The lowest BCUT2D eigenvalue weighted by molar-refractivity contribution is -0.131. The molecule has 5 atom stereocenters. The molecule has 0 radical (unpaired) electrons. The smallest absolute Gasteiger partial charge is 0.240 e. The summed E-state index contributed by atoms with van der Waals surface area (Å²) in [5.41, 5.74) is -0.293. The van der Waals surface area contributed by atoms with E-state index in [-0.39, 0.29) is 11.5 Å². The zero-order valence-electron chi connectivity index (χ0n) is 10.8. The highest BCUT2D eigenvalue weighted by Crippen LogP contribution is 2.30. The first-order valence-electron chi connectivity index (χ1n) is 6.84. The van der Waals surface area contributed by atoms with Crippen molar-refractivity contribution in [2.75, 3.05) is 26.2 Å². The van der Waals surface area contributed by atoms with E-state index < -0.39 is 18.2 Å². The van der Waals surface area contributed by atoms with Crippen molar-refractivity contribution in [1.29, 1.82) is 0 Å². The standard InChI is InChI=1S/C12H21N3O4/c16-8-1-2-13-9(10(8)17)11(18)15-6-12-3-7(4-19-12)14-5-12/h7-10,13-14,16-17H,1-6H2,(H,15,18)/t7?,8-,9+,10-,12?/m1/s1. The number of aliphatic hydroxyl groups excluding tert-OH is 2. The molecule has 0 aromatic rings. The summed E-state index contributed by atoms with van der Waals surface area (Å²) in [4.78, 5) is 12.1. The van der Waals surface area contributed by atoms with Crippen LogP contribution in [0.2, 0.25) is 0 Å². The van der Waals surface area contributed by atoms with Gasteiger partial charge < -0.3 is 30.9 Å². The van der Waals surface area contributed by atoms with Crippen molar-refractivity contribution in [3.8, 4) is 0 Å². The minimum absolute atomic E-state index is 0.278. The molecule has 3 rings (SSSR count). The van der Waals surface area contributed by atoms with E-state index in [0.717, 1.165) is 13.0 Å². The zero-order chi connectivity index (χ0) is 13.5. The van der Waals surface area contributed by atoms with Crippen LogP contribution in [0, 0.1) is 0 Å². The molecular formula is C12H21N3O4. The Morgan fingerprint density at radius 1 is 1.42 bits per heavy atom. The van der Waals surface area contributed by atoms with E-state index >= 15 is 0 Å². The van der Waals surface area contributed by atoms with Gasteiger partial charge in [-0.15, -0.1) is 0 Å². The van der Waals surface area contributed by atoms with Crippen molar-refractivity contribution < 1.29 is 19.7 Å². The molecule has 7 nitrogen and oxygen atoms in total. The third kappa shape index (κ3) is 2.48. The lowest BCUT2D eigenvalue weighted by atomic mass is 9.97. The van der Waals surface area contributed by atoms with Gasteiger partial charge in [-0.3, -0.25) is 4.79 Å². The third-order valence-corrected chi connectivity index (χ3v) is 4.33. The summed E-state index contributed by atoms with van der Waals surface area (Å²) < 4.78 is 5.72. The van der Waals surface area contributed by atoms with Crippen LogP contribution in [0.4, 0.5) is 0 Å². The lowest BCUT2D eigenvalue weighted by Gasteiger charge is -2.33. The summed E-state index contributed by atoms with van der Waals surface area (Å²) in [6.45, 7) is 2.41. The van der Waals surface area contributed by atoms with Gasteiger partial charge in [0, 0.05) is 19.1 Å². The molecule has 0 aromatic carbocycles. The molecule has 1 amide bonds. The summed E-state index contributed by atoms with van der Waals surface area (Å²) in [7, 11) is 0. The molecule has 2 bridgehead atoms. The molecule has 2 unspecified atom stereocenters. The van der Waals surface area contributed by atoms with Crippen LogP contribution in [-0.4, -0.2) is 72.3 Å². The summed E-state index contributed by atoms with van der Waals surface area (Å²) in [6.07, 6.45) is -0.513. The molecule has 3 aliphatic rings. The first kappa shape index (κ1) is 13.3. The SMILES string of the molecule is O=C(NCC12CNC(CO1)C2)[C@H]1NCC[C@@H](O)[C@H]1O. The molecule has 108 valence electrons. The third-order valence-electron chi connectivity index (χ3n) is 4.33. The Bertz CT molecular complexity index is 357. The summed E-state index contributed by atoms with van der Waals surface area (Å²) >= 11 is 0. The molecule has 0 saturated carbocycles. The Balaban J connectivity index is 1.53. The number of carbonyl (C=O) groups is 1. The quantitative estimate of drug-likeness (QED) is 0.383. The largest absolute Gasteiger partial charge is 0.390 e. The van der Waals surface area contributed by atoms with Crippen molar-refractivity contribution >= 4 is 5.91 Å². The normalized spacial score (nSPS) is 45.4. The molecule has 7 heteroatoms. The van der Waals surface area contributed by atoms with Crippen LogP contribution in [0.3, 0.4) is 0 Å². The number of amides is 1. The second-order valence-electron chi connectivity index (χ2n) is 5.77. The first-order valence-corrected chi connectivity index (χ1v) is 6.84. The number of carbonyl (C=O) groups excluding carboxylic acids is 1. The number of hydrogen-bond acceptors (Lipinski definition) is 6. The van der Waals surface area contributed by atoms with Gasteiger partial charge in [0.15, 0.2) is 0 Å². The molecule has 19 heavy (non-hydrogen) atoms. The van der Waals surface area contributed by atoms with Crippen molar-refractivity contribution in [1.82, 2.24) is 16.0 Å². The zero-order valence-corrected chi connectivity index (χ0v) is 10.8. The highest BCUT2D eigenvalue weighted by Gasteiger charge is 2.46. The minimum Gasteiger partial charge on any atom is -0.390 e. The molecule has 3 heterocycles. The second kappa shape index (κ2) is 4.99. The van der Waals surface area contributed by atoms with Gasteiger partial charge >= 0.3 is 0 Å². The predicted molar refractivity (Wildman–Crippen MR) is 66.5 cm³/mol. The van der Waals surface area contributed by atoms with Crippen LogP contribution in [0.25, 0.3) is 0 Å². The maximum atomic E-state index is 12.1. The van der Waals surface area contributed by atoms with Gasteiger partial charge in [0.1, 0.15) is 12.1 Å². The van der Waals surface area contributed by atoms with Crippen molar-refractivity contribution in [2.45, 2.75) is 42.7 Å². The van der Waals surface area contributed by atoms with Gasteiger partial charge in [0.05, 0.1) is 18.3 Å². The molecular weight excluding hydrogens is 250 g/mol. The number of aliphatic hydroxyl groups is 2. The average Bonchev–Trinajstić information content (AvgIpc) is 3.00. The Kier molecular flexibility index (Phi) is 3.48. The topological polar surface area (TPSA) is 103 Å². The number of piperidine rings is 1. The maximum absolute atomic E-state index is 12.1. The molecule has 0 aromatic heterocycles. The van der Waals surface area contributed by atoms with Crippen LogP contribution in [-0.2, 0) is 9.53 Å². The molecule has 5 N–H and O–H groups in total. The fourth-order valence-corrected chi connectivity index (χ4v) is 3.12. The summed E-state index contributed by atoms with van der Waals surface area (Å²) in [6, 6.07) is -0.344. The van der Waals surface area contributed by atoms with E-state index in [1.54, 1.807) is 0 Å². The average molecular weight is 271 g/mol. The van der Waals surface area contributed by atoms with Gasteiger partial charge in [-0.1, -0.05) is 0 Å². The van der Waals surface area contributed by atoms with Crippen molar-refractivity contribution in [3.05, 3.63) is 0 Å². The number of rotatable bonds is 3. The van der Waals surface area contributed by atoms with Gasteiger partial charge in [0.25, 0.3) is 0 Å². The number of morpholine rings is 1. The number of fused-ring (bicyclic) bond motifs is 2. The van der Waals surface area contributed by atoms with Crippen LogP contribution in [0.5, 0.6) is 0 Å². The lowest BCUT2D eigenvalue weighted by Crippen LogP contribution is -2.60. The van der Waals surface area contributed by atoms with Crippen LogP contribution >= 0.6 is 0 Å². The van der Waals surface area contributed by atoms with Crippen LogP contribution in [0.1, 0.15) is 12.8 Å². The molecule has 3 aliphatic heterocycles. The van der Waals surface area contributed by atoms with Gasteiger partial charge in [-0.05, 0) is 19.4 Å². The van der Waals surface area contributed by atoms with Crippen molar-refractivity contribution in [3.63, 3.8) is 0 Å². The number of hydrogen-bond donors (Lipinski definition) is 5. The Morgan fingerprint density at radius 2 is 2.26 bits per heavy atom. The second-order valence-corrected chi connectivity index (χ2v) is 5.77. The van der Waals surface area contributed by atoms with E-state index in [9.17, 15) is 15.0 Å². The fraction of sp³-hybridized carbons (Fsp3) is 0.917. The van der Waals surface area contributed by atoms with Crippen LogP contribution in [0.15, 0.2) is 0 Å². The summed E-state index contributed by atoms with van der Waals surface area (Å²) in [5.74, 6) is -0.278. The summed E-state index contributed by atoms with van der Waals surface area (Å²) in [5, 5.41) is 28.5. The van der Waals surface area contributed by atoms with Gasteiger partial charge in [-0.2, -0.15) is 0 Å². The molecule has 0 spiro atoms. The van der Waals surface area contributed by atoms with E-state index in [2.05, 4.69) is 16.0 Å². The van der Waals surface area contributed by atoms with E-state index in [1.807, 2.05) is 0 Å². The molecule has 3 fully saturated rings. The Morgan fingerprint density at radius 3 is 2.89 bits per heavy atom. The predicted octanol–water partition coefficient (Wildman–Crippen LogP) is -2.68. The Labute approximate surface area is 111 Å². The van der Waals surface area contributed by atoms with E-state index in [1.165, 1.54) is 0 Å². The molecule has 3 saturated heterocycles. The number of ether oxygens (including phenoxy) is 1. The van der Waals surface area contributed by atoms with Gasteiger partial charge in [-0.25, -0.2) is 0 Å². The van der Waals surface area contributed by atoms with Crippen molar-refractivity contribution in [2.24, 2.45) is 0 Å². The fourth-order valence-electron chi connectivity index (χ4n) is 3.12. The number of nitrogens with one attached hydrogen (secondary N) is 3. The highest BCUT2D eigenvalue weighted by atomic mass is 16.5. The van der Waals surface area contributed by atoms with E-state index in [0.29, 0.717) is 32.2 Å². The maximum Gasteiger partial charge on any atom is 0.240 e. The Hall–Kier alpha value is -0.730. The first-order chi connectivity index (χ1) is 9.10. The minimum atomic E-state index is -1.05. The van der Waals surface area contributed by atoms with Gasteiger partial charge in [0.2, 0.25) is 5.91 Å². The van der Waals surface area contributed by atoms with E-state index in [4.69, 9.17) is 4.74 Å². The van der Waals surface area contributed by atoms with Crippen LogP contribution < -0.4 is 16.0 Å². The molecule has 0 aliphatic carbocycles. The highest BCUT2D eigenvalue weighted by molar-refractivity contribution is 5.82.